The Balaban J connectivity index is 0.000000480. The molecule has 0 saturated carbocycles. The van der Waals surface area contributed by atoms with Crippen molar-refractivity contribution in [1.29, 1.82) is 10.9 Å². The predicted molar refractivity (Wildman–Crippen MR) is 101 cm³/mol. The zero-order chi connectivity index (χ0) is 21.2. The van der Waals surface area contributed by atoms with Crippen LogP contribution in [0, 0.1) is 10.9 Å². The largest absolute Gasteiger partial charge is 0.416 e. The standard InChI is InChI=1S/C14H11F3N4.C4H10N2O/c15-14(16,17)9-4-3-5-10(8-9)20-12-7-2-1-6-11(12)13(18)21-19;1-4(7)6-3-2-5/h1-8,18-20H;2-3,5H2,1H3,(H,6,7). The molecule has 2 rings (SSSR count). The molecule has 0 atom stereocenters. The number of halogens is 3. The summed E-state index contributed by atoms with van der Waals surface area (Å²) in [6.07, 6.45) is -4.42. The lowest BCUT2D eigenvalue weighted by Gasteiger charge is -2.13. The van der Waals surface area contributed by atoms with Gasteiger partial charge in [-0.3, -0.25) is 10.2 Å². The number of carbonyl (C=O) groups is 1. The maximum Gasteiger partial charge on any atom is 0.416 e. The number of nitrogens with two attached hydrogens (primary N) is 1. The molecule has 0 unspecified atom stereocenters. The van der Waals surface area contributed by atoms with Gasteiger partial charge in [-0.2, -0.15) is 13.2 Å². The molecule has 0 heterocycles. The summed E-state index contributed by atoms with van der Waals surface area (Å²) < 4.78 is 38.0. The Morgan fingerprint density at radius 2 is 1.86 bits per heavy atom. The van der Waals surface area contributed by atoms with Crippen molar-refractivity contribution in [3.8, 4) is 0 Å². The Labute approximate surface area is 160 Å². The highest BCUT2D eigenvalue weighted by atomic mass is 19.4. The van der Waals surface area contributed by atoms with Crippen molar-refractivity contribution in [2.75, 3.05) is 18.4 Å². The summed E-state index contributed by atoms with van der Waals surface area (Å²) in [6, 6.07) is 11.3. The van der Waals surface area contributed by atoms with Crippen molar-refractivity contribution in [1.82, 2.24) is 5.32 Å². The number of anilines is 2. The smallest absolute Gasteiger partial charge is 0.355 e. The monoisotopic (exact) mass is 394 g/mol. The summed E-state index contributed by atoms with van der Waals surface area (Å²) in [5, 5.41) is 15.9. The van der Waals surface area contributed by atoms with Crippen LogP contribution in [0.2, 0.25) is 0 Å². The van der Waals surface area contributed by atoms with Crippen molar-refractivity contribution in [3.05, 3.63) is 59.7 Å². The molecule has 0 spiro atoms. The van der Waals surface area contributed by atoms with Crippen molar-refractivity contribution in [3.63, 3.8) is 0 Å². The molecular weight excluding hydrogens is 373 g/mol. The number of amidine groups is 1. The van der Waals surface area contributed by atoms with Crippen LogP contribution in [0.5, 0.6) is 0 Å². The van der Waals surface area contributed by atoms with E-state index < -0.39 is 11.7 Å². The molecule has 2 aromatic carbocycles. The number of para-hydroxylation sites is 1. The van der Waals surface area contributed by atoms with Gasteiger partial charge < -0.3 is 16.4 Å². The molecule has 150 valence electrons. The van der Waals surface area contributed by atoms with Gasteiger partial charge >= 0.3 is 6.18 Å². The van der Waals surface area contributed by atoms with Gasteiger partial charge in [-0.15, -0.1) is 5.11 Å². The number of carbonyl (C=O) groups excluding carboxylic acids is 1. The molecule has 10 heteroatoms. The van der Waals surface area contributed by atoms with Crippen LogP contribution in [-0.4, -0.2) is 24.8 Å². The minimum Gasteiger partial charge on any atom is -0.355 e. The van der Waals surface area contributed by atoms with Crippen LogP contribution in [0.25, 0.3) is 0 Å². The van der Waals surface area contributed by atoms with Gasteiger partial charge in [-0.1, -0.05) is 18.2 Å². The first-order chi connectivity index (χ1) is 13.2. The average molecular weight is 394 g/mol. The van der Waals surface area contributed by atoms with E-state index in [-0.39, 0.29) is 17.4 Å². The highest BCUT2D eigenvalue weighted by Gasteiger charge is 2.30. The van der Waals surface area contributed by atoms with Gasteiger partial charge in [0.2, 0.25) is 5.91 Å². The minimum absolute atomic E-state index is 0.0227. The van der Waals surface area contributed by atoms with Crippen molar-refractivity contribution in [2.45, 2.75) is 13.1 Å². The summed E-state index contributed by atoms with van der Waals surface area (Å²) in [5.41, 5.74) is 12.2. The lowest BCUT2D eigenvalue weighted by atomic mass is 10.1. The molecule has 0 fully saturated rings. The molecule has 0 saturated heterocycles. The molecular formula is C18H21F3N6O. The Bertz CT molecular complexity index is 823. The third-order valence-corrected chi connectivity index (χ3v) is 3.28. The van der Waals surface area contributed by atoms with Gasteiger partial charge in [0.05, 0.1) is 5.56 Å². The number of nitrogens with one attached hydrogen (secondary N) is 4. The topological polar surface area (TPSA) is 127 Å². The van der Waals surface area contributed by atoms with E-state index in [1.807, 2.05) is 0 Å². The normalized spacial score (nSPS) is 10.3. The molecule has 1 amide bonds. The molecule has 0 aliphatic carbocycles. The van der Waals surface area contributed by atoms with E-state index in [1.165, 1.54) is 19.1 Å². The minimum atomic E-state index is -4.42. The first-order valence-electron chi connectivity index (χ1n) is 8.13. The molecule has 0 aromatic heterocycles. The van der Waals surface area contributed by atoms with E-state index >= 15 is 0 Å². The second-order valence-corrected chi connectivity index (χ2v) is 5.48. The summed E-state index contributed by atoms with van der Waals surface area (Å²) in [6.45, 7) is 2.56. The van der Waals surface area contributed by atoms with Crippen LogP contribution in [0.3, 0.4) is 0 Å². The molecule has 7 nitrogen and oxygen atoms in total. The van der Waals surface area contributed by atoms with Crippen molar-refractivity contribution in [2.24, 2.45) is 10.8 Å². The van der Waals surface area contributed by atoms with Gasteiger partial charge in [0.1, 0.15) is 0 Å². The SMILES string of the molecule is CC(=O)NCCN.N=NC(=N)c1ccccc1Nc1cccc(C(F)(F)F)c1. The maximum atomic E-state index is 12.7. The number of nitrogens with zero attached hydrogens (tertiary/aromatic N) is 1. The second-order valence-electron chi connectivity index (χ2n) is 5.48. The predicted octanol–water partition coefficient (Wildman–Crippen LogP) is 3.89. The van der Waals surface area contributed by atoms with Gasteiger partial charge in [0, 0.05) is 37.0 Å². The van der Waals surface area contributed by atoms with Crippen LogP contribution >= 0.6 is 0 Å². The van der Waals surface area contributed by atoms with E-state index in [0.717, 1.165) is 12.1 Å². The molecule has 0 aliphatic rings. The van der Waals surface area contributed by atoms with Crippen LogP contribution in [-0.2, 0) is 11.0 Å². The molecule has 2 aromatic rings. The summed E-state index contributed by atoms with van der Waals surface area (Å²) in [5.74, 6) is -0.296. The number of amides is 1. The fourth-order valence-corrected chi connectivity index (χ4v) is 2.04. The van der Waals surface area contributed by atoms with Gasteiger partial charge in [0.15, 0.2) is 5.84 Å². The first kappa shape index (κ1) is 22.8. The fourth-order valence-electron chi connectivity index (χ4n) is 2.04. The van der Waals surface area contributed by atoms with Crippen LogP contribution < -0.4 is 16.4 Å². The van der Waals surface area contributed by atoms with Crippen molar-refractivity contribution < 1.29 is 18.0 Å². The van der Waals surface area contributed by atoms with Crippen LogP contribution in [0.4, 0.5) is 24.5 Å². The van der Waals surface area contributed by atoms with Gasteiger partial charge in [0.25, 0.3) is 0 Å². The lowest BCUT2D eigenvalue weighted by Crippen LogP contribution is -2.26. The second kappa shape index (κ2) is 10.8. The van der Waals surface area contributed by atoms with E-state index in [1.54, 1.807) is 24.3 Å². The van der Waals surface area contributed by atoms with Crippen LogP contribution in [0.15, 0.2) is 53.6 Å². The Morgan fingerprint density at radius 1 is 1.18 bits per heavy atom. The number of rotatable bonds is 5. The Morgan fingerprint density at radius 3 is 2.39 bits per heavy atom. The van der Waals surface area contributed by atoms with Gasteiger partial charge in [-0.05, 0) is 30.3 Å². The maximum absolute atomic E-state index is 12.7. The zero-order valence-corrected chi connectivity index (χ0v) is 15.1. The van der Waals surface area contributed by atoms with E-state index in [4.69, 9.17) is 16.7 Å². The quantitative estimate of drug-likeness (QED) is 0.300. The molecule has 0 bridgehead atoms. The zero-order valence-electron chi connectivity index (χ0n) is 15.1. The molecule has 28 heavy (non-hydrogen) atoms. The third-order valence-electron chi connectivity index (χ3n) is 3.28. The van der Waals surface area contributed by atoms with E-state index in [2.05, 4.69) is 15.7 Å². The van der Waals surface area contributed by atoms with E-state index in [9.17, 15) is 18.0 Å². The number of benzene rings is 2. The number of hydrogen-bond donors (Lipinski definition) is 5. The Hall–Kier alpha value is -3.27. The summed E-state index contributed by atoms with van der Waals surface area (Å²) >= 11 is 0. The van der Waals surface area contributed by atoms with Gasteiger partial charge in [-0.25, -0.2) is 5.53 Å². The van der Waals surface area contributed by atoms with Crippen LogP contribution in [0.1, 0.15) is 18.1 Å². The summed E-state index contributed by atoms with van der Waals surface area (Å²) in [7, 11) is 0. The first-order valence-corrected chi connectivity index (χ1v) is 8.13. The highest BCUT2D eigenvalue weighted by Crippen LogP contribution is 2.31. The molecule has 0 radical (unpaired) electrons. The Kier molecular flexibility index (Phi) is 8.76. The average Bonchev–Trinajstić information content (AvgIpc) is 2.66. The highest BCUT2D eigenvalue weighted by molar-refractivity contribution is 6.02. The number of hydrogen-bond acceptors (Lipinski definition) is 5. The van der Waals surface area contributed by atoms with E-state index in [0.29, 0.717) is 24.3 Å². The molecule has 6 N–H and O–H groups in total. The lowest BCUT2D eigenvalue weighted by molar-refractivity contribution is -0.137. The molecule has 0 aliphatic heterocycles. The third kappa shape index (κ3) is 7.54. The fraction of sp³-hybridized carbons (Fsp3) is 0.222. The number of alkyl halides is 3. The van der Waals surface area contributed by atoms with Crippen molar-refractivity contribution >= 4 is 23.1 Å². The summed E-state index contributed by atoms with van der Waals surface area (Å²) in [4.78, 5) is 10.0.